The molecule has 0 amide bonds. The minimum Gasteiger partial charge on any atom is -0.394 e. The molecule has 2 saturated heterocycles. The Bertz CT molecular complexity index is 2150. The molecule has 518 valence electrons. The Hall–Kier alpha value is -1.52. The molecular formula is C66H124N2O18S2. The number of ether oxygens (including phenoxy) is 4. The predicted molar refractivity (Wildman–Crippen MR) is 346 cm³/mol. The van der Waals surface area contributed by atoms with Gasteiger partial charge in [0.15, 0.2) is 12.6 Å². The maximum absolute atomic E-state index is 14.3. The van der Waals surface area contributed by atoms with Gasteiger partial charge in [-0.1, -0.05) is 219 Å². The maximum Gasteiger partial charge on any atom is 0.186 e. The van der Waals surface area contributed by atoms with Crippen LogP contribution in [0.25, 0.3) is 0 Å². The van der Waals surface area contributed by atoms with Crippen molar-refractivity contribution in [1.82, 2.24) is 0 Å². The molecule has 0 saturated carbocycles. The lowest BCUT2D eigenvalue weighted by Crippen LogP contribution is -2.59. The van der Waals surface area contributed by atoms with Crippen LogP contribution >= 0.6 is 0 Å². The fourth-order valence-electron chi connectivity index (χ4n) is 11.7. The first-order valence-corrected chi connectivity index (χ1v) is 38.3. The maximum atomic E-state index is 14.3. The van der Waals surface area contributed by atoms with Crippen LogP contribution in [0.2, 0.25) is 0 Å². The van der Waals surface area contributed by atoms with E-state index >= 15 is 0 Å². The van der Waals surface area contributed by atoms with Gasteiger partial charge in [-0.25, -0.2) is 12.9 Å². The van der Waals surface area contributed by atoms with Crippen molar-refractivity contribution < 1.29 is 88.6 Å². The summed E-state index contributed by atoms with van der Waals surface area (Å²) >= 11 is 0. The van der Waals surface area contributed by atoms with Gasteiger partial charge in [-0.05, 0) is 49.8 Å². The first-order chi connectivity index (χ1) is 42.2. The Kier molecular flexibility index (Phi) is 42.7. The highest BCUT2D eigenvalue weighted by molar-refractivity contribution is 7.93. The molecule has 0 radical (unpaired) electrons. The second-order valence-electron chi connectivity index (χ2n) is 25.6. The molecule has 12 N–H and O–H groups in total. The van der Waals surface area contributed by atoms with E-state index in [0.717, 1.165) is 95.5 Å². The van der Waals surface area contributed by atoms with Crippen LogP contribution in [-0.2, 0) is 44.8 Å². The Labute approximate surface area is 530 Å². The molecule has 20 nitrogen and oxygen atoms in total. The number of aliphatic hydroxyl groups excluding tert-OH is 12. The van der Waals surface area contributed by atoms with E-state index in [2.05, 4.69) is 22.6 Å². The minimum atomic E-state index is -3.18. The van der Waals surface area contributed by atoms with E-state index in [-0.39, 0.29) is 12.2 Å². The molecule has 88 heavy (non-hydrogen) atoms. The summed E-state index contributed by atoms with van der Waals surface area (Å²) in [6.45, 7) is 2.29. The average Bonchev–Trinajstić information content (AvgIpc) is 2.01. The van der Waals surface area contributed by atoms with Crippen LogP contribution in [0.4, 0.5) is 0 Å². The fraction of sp³-hybridized carbons (Fsp3) is 0.909. The van der Waals surface area contributed by atoms with Crippen LogP contribution in [0.5, 0.6) is 0 Å². The van der Waals surface area contributed by atoms with Gasteiger partial charge < -0.3 is 80.2 Å². The Morgan fingerprint density at radius 3 is 1.14 bits per heavy atom. The van der Waals surface area contributed by atoms with Crippen molar-refractivity contribution in [2.45, 2.75) is 341 Å². The molecule has 2 aliphatic rings. The number of nitrogens with zero attached hydrogens (tertiary/aromatic N) is 2. The third kappa shape index (κ3) is 31.6. The molecule has 2 aliphatic heterocycles. The normalized spacial score (nSPS) is 26.0. The van der Waals surface area contributed by atoms with Gasteiger partial charge >= 0.3 is 0 Å². The Morgan fingerprint density at radius 1 is 0.443 bits per heavy atom. The van der Waals surface area contributed by atoms with E-state index in [1.807, 2.05) is 12.1 Å². The van der Waals surface area contributed by atoms with Crippen molar-refractivity contribution in [2.24, 2.45) is 8.73 Å². The Morgan fingerprint density at radius 2 is 0.773 bits per heavy atom. The molecule has 0 bridgehead atoms. The number of hydrogen-bond donors (Lipinski definition) is 12. The highest BCUT2D eigenvalue weighted by Gasteiger charge is 2.46. The average molecular weight is 1300 g/mol. The monoisotopic (exact) mass is 1300 g/mol. The molecule has 18 atom stereocenters. The van der Waals surface area contributed by atoms with Crippen LogP contribution in [0, 0.1) is 0 Å². The lowest BCUT2D eigenvalue weighted by atomic mass is 9.99. The predicted octanol–water partition coefficient (Wildman–Crippen LogP) is 7.90. The molecule has 0 aromatic heterocycles. The quantitative estimate of drug-likeness (QED) is 0.0276. The van der Waals surface area contributed by atoms with Crippen LogP contribution in [0.15, 0.2) is 37.9 Å². The zero-order valence-corrected chi connectivity index (χ0v) is 56.0. The summed E-state index contributed by atoms with van der Waals surface area (Å²) in [7, 11) is -6.05. The van der Waals surface area contributed by atoms with E-state index in [0.29, 0.717) is 30.6 Å². The standard InChI is InChI=1S/C66H124N2O18S2/c1-5-7-9-11-13-15-17-19-21-26-30-34-38-53(71)57(73)51(47-83-65-63(79)61(77)59(75)55(45-69)85-65)67-87(3,81)44-36-32-28-24-23-25-29-33-37-49-40-42-50(43-41-49)88(4,82)68-52(48-84-66-64(80)62(78)60(76)56(46-70)86-66)58(74)54(72)39-35-31-27-22-20-18-16-14-12-10-8-6-2/h40-43,51-66,69-80H,5-39,44-48H2,1-4H3/t51-,52-,53+,54+,55?,56?,57-,58-,59?,60?,61?,62?,63?,64?,65?,66?,87?,88?/m0/s1. The third-order valence-electron chi connectivity index (χ3n) is 17.6. The van der Waals surface area contributed by atoms with Gasteiger partial charge in [-0.2, -0.15) is 0 Å². The first-order valence-electron chi connectivity index (χ1n) is 34.3. The molecule has 22 heteroatoms. The number of aryl methyl sites for hydroxylation is 1. The number of rotatable bonds is 52. The lowest BCUT2D eigenvalue weighted by molar-refractivity contribution is -0.302. The van der Waals surface area contributed by atoms with Crippen molar-refractivity contribution in [1.29, 1.82) is 0 Å². The lowest BCUT2D eigenvalue weighted by Gasteiger charge is -2.40. The minimum absolute atomic E-state index is 0.260. The van der Waals surface area contributed by atoms with E-state index < -0.39 is 144 Å². The van der Waals surface area contributed by atoms with Gasteiger partial charge in [0, 0.05) is 32.9 Å². The van der Waals surface area contributed by atoms with E-state index in [1.54, 1.807) is 12.1 Å². The van der Waals surface area contributed by atoms with Crippen molar-refractivity contribution in [3.63, 3.8) is 0 Å². The van der Waals surface area contributed by atoms with E-state index in [4.69, 9.17) is 18.9 Å². The number of benzene rings is 1. The summed E-state index contributed by atoms with van der Waals surface area (Å²) in [5.74, 6) is 0.260. The second-order valence-corrected chi connectivity index (χ2v) is 30.4. The zero-order valence-electron chi connectivity index (χ0n) is 54.4. The fourth-order valence-corrected chi connectivity index (χ4v) is 14.8. The van der Waals surface area contributed by atoms with Gasteiger partial charge in [0.2, 0.25) is 0 Å². The van der Waals surface area contributed by atoms with Crippen molar-refractivity contribution in [3.05, 3.63) is 29.8 Å². The van der Waals surface area contributed by atoms with Crippen LogP contribution in [0.1, 0.15) is 238 Å². The molecular weight excluding hydrogens is 1170 g/mol. The van der Waals surface area contributed by atoms with Crippen molar-refractivity contribution in [2.75, 3.05) is 44.7 Å². The summed E-state index contributed by atoms with van der Waals surface area (Å²) < 4.78 is 59.9. The molecule has 2 fully saturated rings. The van der Waals surface area contributed by atoms with Crippen LogP contribution < -0.4 is 0 Å². The molecule has 0 aliphatic carbocycles. The molecule has 1 aromatic carbocycles. The SMILES string of the molecule is CCCCCCCCCCCCCC[C@@H](O)[C@@H](O)[C@H](COC1OC(CO)C(O)C(O)C1O)N=S(C)(=O)CCCCCCCCCCc1ccc(S(C)(=O)=N[C@@H](COC2OC(CO)C(O)C(O)C2O)[C@H](O)[C@H](O)CCCCCCCCCCCCCC)cc1. The first kappa shape index (κ1) is 80.7. The van der Waals surface area contributed by atoms with Gasteiger partial charge in [0.1, 0.15) is 73.1 Å². The molecule has 2 heterocycles. The molecule has 3 rings (SSSR count). The van der Waals surface area contributed by atoms with Crippen molar-refractivity contribution >= 4 is 19.5 Å². The number of unbranched alkanes of at least 4 members (excludes halogenated alkanes) is 29. The number of aliphatic hydroxyl groups is 12. The number of hydrogen-bond acceptors (Lipinski definition) is 20. The third-order valence-corrected chi connectivity index (χ3v) is 21.2. The highest BCUT2D eigenvalue weighted by atomic mass is 32.2. The summed E-state index contributed by atoms with van der Waals surface area (Å²) in [5, 5.41) is 127. The van der Waals surface area contributed by atoms with Gasteiger partial charge in [-0.15, -0.1) is 0 Å². The summed E-state index contributed by atoms with van der Waals surface area (Å²) in [5.41, 5.74) is 1.05. The van der Waals surface area contributed by atoms with Gasteiger partial charge in [0.25, 0.3) is 0 Å². The molecule has 1 aromatic rings. The van der Waals surface area contributed by atoms with Crippen molar-refractivity contribution in [3.8, 4) is 0 Å². The van der Waals surface area contributed by atoms with Gasteiger partial charge in [-0.3, -0.25) is 4.21 Å². The zero-order chi connectivity index (χ0) is 64.7. The second kappa shape index (κ2) is 46.5. The van der Waals surface area contributed by atoms with E-state index in [1.165, 1.54) is 115 Å². The largest absolute Gasteiger partial charge is 0.394 e. The summed E-state index contributed by atoms with van der Waals surface area (Å²) in [6, 6.07) is 4.92. The molecule has 12 unspecified atom stereocenters. The van der Waals surface area contributed by atoms with Gasteiger partial charge in [0.05, 0.1) is 48.4 Å². The van der Waals surface area contributed by atoms with Crippen LogP contribution in [-0.4, -0.2) is 212 Å². The summed E-state index contributed by atoms with van der Waals surface area (Å²) in [4.78, 5) is 0.418. The Balaban J connectivity index is 1.49. The summed E-state index contributed by atoms with van der Waals surface area (Å²) in [6.07, 6.45) is 18.7. The highest BCUT2D eigenvalue weighted by Crippen LogP contribution is 2.27. The van der Waals surface area contributed by atoms with E-state index in [9.17, 15) is 69.7 Å². The smallest absolute Gasteiger partial charge is 0.186 e. The van der Waals surface area contributed by atoms with Crippen LogP contribution in [0.3, 0.4) is 0 Å². The topological polar surface area (TPSA) is 339 Å². The molecule has 0 spiro atoms.